The highest BCUT2D eigenvalue weighted by Crippen LogP contribution is 2.34. The van der Waals surface area contributed by atoms with Crippen LogP contribution in [0, 0.1) is 0 Å². The molecule has 0 spiro atoms. The van der Waals surface area contributed by atoms with Gasteiger partial charge in [-0.1, -0.05) is 12.8 Å². The Balaban J connectivity index is 2.17. The van der Waals surface area contributed by atoms with Gasteiger partial charge >= 0.3 is 0 Å². The second kappa shape index (κ2) is 4.86. The van der Waals surface area contributed by atoms with Crippen molar-refractivity contribution < 1.29 is 8.42 Å². The second-order valence-corrected chi connectivity index (χ2v) is 8.39. The molecule has 0 aromatic carbocycles. The normalized spacial score (nSPS) is 25.3. The van der Waals surface area contributed by atoms with Crippen molar-refractivity contribution in [1.82, 2.24) is 10.2 Å². The average Bonchev–Trinajstić information content (AvgIpc) is 2.84. The highest BCUT2D eigenvalue weighted by atomic mass is 32.2. The minimum Gasteiger partial charge on any atom is -0.314 e. The minimum atomic E-state index is -3.04. The van der Waals surface area contributed by atoms with E-state index in [9.17, 15) is 8.42 Å². The molecule has 2 fully saturated rings. The van der Waals surface area contributed by atoms with E-state index in [2.05, 4.69) is 10.2 Å². The molecule has 1 N–H and O–H groups in total. The van der Waals surface area contributed by atoms with Gasteiger partial charge in [-0.3, -0.25) is 4.90 Å². The standard InChI is InChI=1S/C12H24N2O2S/c1-12(2,14-9-7-13-8-10-14)17(15,16)11-5-3-4-6-11/h11,13H,3-10H2,1-2H3. The lowest BCUT2D eigenvalue weighted by Crippen LogP contribution is -2.58. The summed E-state index contributed by atoms with van der Waals surface area (Å²) in [5.74, 6) is 0. The second-order valence-electron chi connectivity index (χ2n) is 5.64. The summed E-state index contributed by atoms with van der Waals surface area (Å²) in [6.45, 7) is 7.21. The van der Waals surface area contributed by atoms with Crippen LogP contribution in [0.2, 0.25) is 0 Å². The molecule has 100 valence electrons. The summed E-state index contributed by atoms with van der Waals surface area (Å²) in [5.41, 5.74) is 0. The molecular formula is C12H24N2O2S. The molecular weight excluding hydrogens is 236 g/mol. The predicted molar refractivity (Wildman–Crippen MR) is 69.7 cm³/mol. The number of hydrogen-bond acceptors (Lipinski definition) is 4. The zero-order valence-corrected chi connectivity index (χ0v) is 11.7. The van der Waals surface area contributed by atoms with Crippen molar-refractivity contribution >= 4 is 9.84 Å². The molecule has 0 aromatic heterocycles. The Morgan fingerprint density at radius 2 is 1.65 bits per heavy atom. The molecule has 0 radical (unpaired) electrons. The summed E-state index contributed by atoms with van der Waals surface area (Å²) < 4.78 is 25.4. The maximum absolute atomic E-state index is 12.7. The lowest BCUT2D eigenvalue weighted by Gasteiger charge is -2.41. The van der Waals surface area contributed by atoms with Crippen molar-refractivity contribution in [2.45, 2.75) is 49.7 Å². The fourth-order valence-electron chi connectivity index (χ4n) is 2.99. The van der Waals surface area contributed by atoms with Crippen molar-refractivity contribution in [3.63, 3.8) is 0 Å². The molecule has 0 atom stereocenters. The summed E-state index contributed by atoms with van der Waals surface area (Å²) in [6.07, 6.45) is 3.86. The van der Waals surface area contributed by atoms with Crippen LogP contribution < -0.4 is 5.32 Å². The van der Waals surface area contributed by atoms with Crippen LogP contribution >= 0.6 is 0 Å². The van der Waals surface area contributed by atoms with Crippen LogP contribution in [0.4, 0.5) is 0 Å². The molecule has 0 amide bonds. The monoisotopic (exact) mass is 260 g/mol. The van der Waals surface area contributed by atoms with Gasteiger partial charge in [-0.2, -0.15) is 0 Å². The first-order valence-electron chi connectivity index (χ1n) is 6.65. The Morgan fingerprint density at radius 3 is 2.18 bits per heavy atom. The number of piperazine rings is 1. The van der Waals surface area contributed by atoms with Gasteiger partial charge in [0.1, 0.15) is 4.87 Å². The zero-order chi connectivity index (χ0) is 12.5. The number of nitrogens with zero attached hydrogens (tertiary/aromatic N) is 1. The third-order valence-electron chi connectivity index (χ3n) is 4.32. The van der Waals surface area contributed by atoms with Crippen LogP contribution in [0.3, 0.4) is 0 Å². The number of nitrogens with one attached hydrogen (secondary N) is 1. The third kappa shape index (κ3) is 2.37. The topological polar surface area (TPSA) is 49.4 Å². The quantitative estimate of drug-likeness (QED) is 0.822. The molecule has 2 rings (SSSR count). The summed E-state index contributed by atoms with van der Waals surface area (Å²) in [7, 11) is -3.04. The first-order valence-corrected chi connectivity index (χ1v) is 8.20. The molecule has 5 heteroatoms. The molecule has 1 aliphatic carbocycles. The molecule has 1 saturated heterocycles. The largest absolute Gasteiger partial charge is 0.314 e. The van der Waals surface area contributed by atoms with E-state index in [4.69, 9.17) is 0 Å². The number of hydrogen-bond donors (Lipinski definition) is 1. The zero-order valence-electron chi connectivity index (χ0n) is 10.9. The lowest BCUT2D eigenvalue weighted by atomic mass is 10.2. The van der Waals surface area contributed by atoms with Gasteiger partial charge in [0, 0.05) is 26.2 Å². The van der Waals surface area contributed by atoms with Crippen LogP contribution in [0.25, 0.3) is 0 Å². The van der Waals surface area contributed by atoms with Crippen LogP contribution in [0.15, 0.2) is 0 Å². The number of sulfone groups is 1. The lowest BCUT2D eigenvalue weighted by molar-refractivity contribution is 0.162. The van der Waals surface area contributed by atoms with E-state index in [1.165, 1.54) is 0 Å². The van der Waals surface area contributed by atoms with Crippen molar-refractivity contribution in [3.05, 3.63) is 0 Å². The summed E-state index contributed by atoms with van der Waals surface area (Å²) in [6, 6.07) is 0. The molecule has 17 heavy (non-hydrogen) atoms. The van der Waals surface area contributed by atoms with Crippen molar-refractivity contribution in [3.8, 4) is 0 Å². The van der Waals surface area contributed by atoms with E-state index in [0.717, 1.165) is 51.9 Å². The fraction of sp³-hybridized carbons (Fsp3) is 1.00. The van der Waals surface area contributed by atoms with E-state index in [0.29, 0.717) is 0 Å². The van der Waals surface area contributed by atoms with Crippen LogP contribution in [0.1, 0.15) is 39.5 Å². The Bertz CT molecular complexity index is 353. The maximum atomic E-state index is 12.7. The van der Waals surface area contributed by atoms with Crippen LogP contribution in [-0.4, -0.2) is 49.6 Å². The number of rotatable bonds is 3. The van der Waals surface area contributed by atoms with Crippen molar-refractivity contribution in [1.29, 1.82) is 0 Å². The van der Waals surface area contributed by atoms with Gasteiger partial charge in [-0.25, -0.2) is 8.42 Å². The third-order valence-corrected chi connectivity index (χ3v) is 7.32. The van der Waals surface area contributed by atoms with Gasteiger partial charge in [0.15, 0.2) is 9.84 Å². The smallest absolute Gasteiger partial charge is 0.171 e. The molecule has 0 aromatic rings. The summed E-state index contributed by atoms with van der Waals surface area (Å²) in [5, 5.41) is 3.17. The van der Waals surface area contributed by atoms with E-state index < -0.39 is 14.7 Å². The highest BCUT2D eigenvalue weighted by Gasteiger charge is 2.45. The predicted octanol–water partition coefficient (Wildman–Crippen LogP) is 0.985. The molecule has 4 nitrogen and oxygen atoms in total. The first-order chi connectivity index (χ1) is 7.96. The first kappa shape index (κ1) is 13.3. The van der Waals surface area contributed by atoms with Gasteiger partial charge < -0.3 is 5.32 Å². The highest BCUT2D eigenvalue weighted by molar-refractivity contribution is 7.93. The van der Waals surface area contributed by atoms with Crippen molar-refractivity contribution in [2.75, 3.05) is 26.2 Å². The van der Waals surface area contributed by atoms with E-state index in [1.807, 2.05) is 13.8 Å². The molecule has 2 aliphatic rings. The molecule has 1 saturated carbocycles. The Morgan fingerprint density at radius 1 is 1.12 bits per heavy atom. The summed E-state index contributed by atoms with van der Waals surface area (Å²) >= 11 is 0. The van der Waals surface area contributed by atoms with Gasteiger partial charge in [-0.05, 0) is 26.7 Å². The average molecular weight is 260 g/mol. The van der Waals surface area contributed by atoms with Gasteiger partial charge in [0.2, 0.25) is 0 Å². The van der Waals surface area contributed by atoms with Crippen molar-refractivity contribution in [2.24, 2.45) is 0 Å². The Kier molecular flexibility index (Phi) is 3.80. The molecule has 0 bridgehead atoms. The van der Waals surface area contributed by atoms with Gasteiger partial charge in [0.05, 0.1) is 5.25 Å². The van der Waals surface area contributed by atoms with Gasteiger partial charge in [0.25, 0.3) is 0 Å². The summed E-state index contributed by atoms with van der Waals surface area (Å²) in [4.78, 5) is 1.42. The van der Waals surface area contributed by atoms with E-state index in [-0.39, 0.29) is 5.25 Å². The molecule has 0 unspecified atom stereocenters. The van der Waals surface area contributed by atoms with E-state index >= 15 is 0 Å². The maximum Gasteiger partial charge on any atom is 0.171 e. The van der Waals surface area contributed by atoms with Crippen LogP contribution in [-0.2, 0) is 9.84 Å². The Labute approximate surface area is 105 Å². The Hall–Kier alpha value is -0.130. The van der Waals surface area contributed by atoms with E-state index in [1.54, 1.807) is 0 Å². The molecule has 1 heterocycles. The molecule has 1 aliphatic heterocycles. The van der Waals surface area contributed by atoms with Crippen LogP contribution in [0.5, 0.6) is 0 Å². The minimum absolute atomic E-state index is 0.104. The van der Waals surface area contributed by atoms with Gasteiger partial charge in [-0.15, -0.1) is 0 Å². The fourth-order valence-corrected chi connectivity index (χ4v) is 5.30. The SMILES string of the molecule is CC(C)(N1CCNCC1)S(=O)(=O)C1CCCC1.